The summed E-state index contributed by atoms with van der Waals surface area (Å²) in [7, 11) is 0. The molecule has 0 unspecified atom stereocenters. The zero-order chi connectivity index (χ0) is 16.5. The van der Waals surface area contributed by atoms with Gasteiger partial charge in [-0.2, -0.15) is 0 Å². The second-order valence-electron chi connectivity index (χ2n) is 4.93. The summed E-state index contributed by atoms with van der Waals surface area (Å²) in [5, 5.41) is 5.55. The molecule has 0 saturated carbocycles. The normalized spacial score (nSPS) is 14.2. The van der Waals surface area contributed by atoms with Crippen LogP contribution in [0.2, 0.25) is 0 Å². The summed E-state index contributed by atoms with van der Waals surface area (Å²) in [6, 6.07) is 5.91. The number of carbonyl (C=O) groups is 2. The van der Waals surface area contributed by atoms with Gasteiger partial charge in [-0.15, -0.1) is 0 Å². The maximum Gasteiger partial charge on any atom is 0.407 e. The Kier molecular flexibility index (Phi) is 6.61. The molecule has 1 saturated heterocycles. The number of rotatable bonds is 6. The summed E-state index contributed by atoms with van der Waals surface area (Å²) in [5.74, 6) is -0.532. The Morgan fingerprint density at radius 1 is 1.17 bits per heavy atom. The molecular weight excluding hydrogens is 305 g/mol. The summed E-state index contributed by atoms with van der Waals surface area (Å²) in [6.07, 6.45) is -0.646. The lowest BCUT2D eigenvalue weighted by molar-refractivity contribution is -0.138. The van der Waals surface area contributed by atoms with Crippen molar-refractivity contribution in [3.63, 3.8) is 0 Å². The highest BCUT2D eigenvalue weighted by atomic mass is 19.1. The lowest BCUT2D eigenvalue weighted by Crippen LogP contribution is -2.43. The van der Waals surface area contributed by atoms with E-state index in [1.165, 1.54) is 12.1 Å². The molecule has 0 spiro atoms. The number of carbonyl (C=O) groups excluding carboxylic acids is 2. The van der Waals surface area contributed by atoms with Crippen LogP contribution in [0.5, 0.6) is 0 Å². The summed E-state index contributed by atoms with van der Waals surface area (Å²) in [6.45, 7) is 2.55. The van der Waals surface area contributed by atoms with Crippen molar-refractivity contribution in [1.29, 1.82) is 0 Å². The van der Waals surface area contributed by atoms with Crippen LogP contribution < -0.4 is 10.6 Å². The average Bonchev–Trinajstić information content (AvgIpc) is 2.59. The van der Waals surface area contributed by atoms with Crippen LogP contribution in [0.3, 0.4) is 0 Å². The van der Waals surface area contributed by atoms with Crippen LogP contribution >= 0.6 is 0 Å². The van der Waals surface area contributed by atoms with Crippen LogP contribution in [-0.2, 0) is 14.3 Å². The van der Waals surface area contributed by atoms with Crippen LogP contribution in [-0.4, -0.2) is 62.9 Å². The molecule has 126 valence electrons. The molecule has 8 heteroatoms. The van der Waals surface area contributed by atoms with Gasteiger partial charge in [0.25, 0.3) is 5.91 Å². The van der Waals surface area contributed by atoms with E-state index < -0.39 is 6.09 Å². The first kappa shape index (κ1) is 17.0. The Labute approximate surface area is 133 Å². The fourth-order valence-electron chi connectivity index (χ4n) is 2.02. The highest BCUT2D eigenvalue weighted by Crippen LogP contribution is 2.07. The third-order valence-corrected chi connectivity index (χ3v) is 3.26. The number of nitrogens with zero attached hydrogens (tertiary/aromatic N) is 1. The highest BCUT2D eigenvalue weighted by molar-refractivity contribution is 5.80. The van der Waals surface area contributed by atoms with Gasteiger partial charge < -0.3 is 25.0 Å². The van der Waals surface area contributed by atoms with Crippen molar-refractivity contribution in [2.75, 3.05) is 51.3 Å². The molecule has 1 aromatic carbocycles. The molecule has 23 heavy (non-hydrogen) atoms. The number of hydrogen-bond acceptors (Lipinski definition) is 5. The maximum absolute atomic E-state index is 12.7. The second-order valence-corrected chi connectivity index (χ2v) is 4.93. The number of anilines is 1. The Hall–Kier alpha value is -2.35. The zero-order valence-electron chi connectivity index (χ0n) is 12.7. The number of morpholine rings is 1. The molecule has 1 aromatic rings. The molecule has 0 aliphatic carbocycles. The van der Waals surface area contributed by atoms with Gasteiger partial charge in [-0.1, -0.05) is 0 Å². The number of ether oxygens (including phenoxy) is 2. The molecular formula is C15H20FN3O4. The first-order valence-corrected chi connectivity index (χ1v) is 7.41. The van der Waals surface area contributed by atoms with Crippen LogP contribution in [0, 0.1) is 5.82 Å². The number of benzene rings is 1. The molecule has 0 atom stereocenters. The second kappa shape index (κ2) is 8.94. The first-order chi connectivity index (χ1) is 11.1. The molecule has 1 fully saturated rings. The van der Waals surface area contributed by atoms with Crippen LogP contribution in [0.15, 0.2) is 24.3 Å². The lowest BCUT2D eigenvalue weighted by atomic mass is 10.3. The van der Waals surface area contributed by atoms with E-state index in [9.17, 15) is 14.0 Å². The molecule has 1 heterocycles. The summed E-state index contributed by atoms with van der Waals surface area (Å²) >= 11 is 0. The Balaban J connectivity index is 1.56. The van der Waals surface area contributed by atoms with Crippen molar-refractivity contribution in [2.45, 2.75) is 0 Å². The molecule has 0 radical (unpaired) electrons. The molecule has 0 bridgehead atoms. The predicted molar refractivity (Wildman–Crippen MR) is 81.6 cm³/mol. The molecule has 1 aliphatic rings. The monoisotopic (exact) mass is 325 g/mol. The van der Waals surface area contributed by atoms with E-state index in [-0.39, 0.29) is 18.3 Å². The molecule has 1 aliphatic heterocycles. The van der Waals surface area contributed by atoms with E-state index >= 15 is 0 Å². The van der Waals surface area contributed by atoms with Crippen molar-refractivity contribution in [3.05, 3.63) is 30.1 Å². The third kappa shape index (κ3) is 6.11. The fraction of sp³-hybridized carbons (Fsp3) is 0.467. The Morgan fingerprint density at radius 3 is 2.57 bits per heavy atom. The zero-order valence-corrected chi connectivity index (χ0v) is 12.7. The van der Waals surface area contributed by atoms with Crippen molar-refractivity contribution in [3.8, 4) is 0 Å². The fourth-order valence-corrected chi connectivity index (χ4v) is 2.02. The van der Waals surface area contributed by atoms with Crippen molar-refractivity contribution in [2.24, 2.45) is 0 Å². The van der Waals surface area contributed by atoms with Crippen LogP contribution in [0.1, 0.15) is 0 Å². The van der Waals surface area contributed by atoms with Gasteiger partial charge in [-0.25, -0.2) is 9.18 Å². The van der Waals surface area contributed by atoms with Crippen molar-refractivity contribution >= 4 is 17.7 Å². The largest absolute Gasteiger partial charge is 0.439 e. The quantitative estimate of drug-likeness (QED) is 0.757. The van der Waals surface area contributed by atoms with Crippen LogP contribution in [0.4, 0.5) is 14.9 Å². The van der Waals surface area contributed by atoms with E-state index in [2.05, 4.69) is 10.6 Å². The first-order valence-electron chi connectivity index (χ1n) is 7.41. The van der Waals surface area contributed by atoms with E-state index in [0.29, 0.717) is 39.4 Å². The van der Waals surface area contributed by atoms with Crippen molar-refractivity contribution in [1.82, 2.24) is 10.2 Å². The summed E-state index contributed by atoms with van der Waals surface area (Å²) in [4.78, 5) is 24.9. The lowest BCUT2D eigenvalue weighted by Gasteiger charge is -2.26. The number of halogens is 1. The predicted octanol–water partition coefficient (Wildman–Crippen LogP) is 0.823. The average molecular weight is 325 g/mol. The van der Waals surface area contributed by atoms with Gasteiger partial charge in [0.2, 0.25) is 0 Å². The minimum atomic E-state index is -0.646. The number of hydrogen-bond donors (Lipinski definition) is 2. The van der Waals surface area contributed by atoms with Gasteiger partial charge in [0.15, 0.2) is 6.61 Å². The maximum atomic E-state index is 12.7. The van der Waals surface area contributed by atoms with E-state index in [4.69, 9.17) is 9.47 Å². The SMILES string of the molecule is O=C(NCCNc1ccc(F)cc1)OCC(=O)N1CCOCC1. The number of alkyl carbamates (subject to hydrolysis) is 1. The highest BCUT2D eigenvalue weighted by Gasteiger charge is 2.17. The summed E-state index contributed by atoms with van der Waals surface area (Å²) < 4.78 is 22.7. The molecule has 7 nitrogen and oxygen atoms in total. The van der Waals surface area contributed by atoms with Gasteiger partial charge in [0, 0.05) is 31.9 Å². The molecule has 2 rings (SSSR count). The summed E-state index contributed by atoms with van der Waals surface area (Å²) in [5.41, 5.74) is 0.754. The van der Waals surface area contributed by atoms with Crippen molar-refractivity contribution < 1.29 is 23.5 Å². The van der Waals surface area contributed by atoms with E-state index in [1.54, 1.807) is 17.0 Å². The van der Waals surface area contributed by atoms with Gasteiger partial charge in [0.1, 0.15) is 5.82 Å². The smallest absolute Gasteiger partial charge is 0.407 e. The minimum Gasteiger partial charge on any atom is -0.439 e. The molecule has 2 N–H and O–H groups in total. The topological polar surface area (TPSA) is 79.9 Å². The van der Waals surface area contributed by atoms with Gasteiger partial charge >= 0.3 is 6.09 Å². The van der Waals surface area contributed by atoms with Gasteiger partial charge in [-0.05, 0) is 24.3 Å². The molecule has 2 amide bonds. The number of nitrogens with one attached hydrogen (secondary N) is 2. The standard InChI is InChI=1S/C15H20FN3O4/c16-12-1-3-13(4-2-12)17-5-6-18-15(21)23-11-14(20)19-7-9-22-10-8-19/h1-4,17H,5-11H2,(H,18,21). The van der Waals surface area contributed by atoms with E-state index in [1.807, 2.05) is 0 Å². The Bertz CT molecular complexity index is 518. The van der Waals surface area contributed by atoms with E-state index in [0.717, 1.165) is 5.69 Å². The number of amides is 2. The minimum absolute atomic E-state index is 0.229. The van der Waals surface area contributed by atoms with Gasteiger partial charge in [0.05, 0.1) is 13.2 Å². The Morgan fingerprint density at radius 2 is 1.87 bits per heavy atom. The third-order valence-electron chi connectivity index (χ3n) is 3.26. The molecule has 0 aromatic heterocycles. The van der Waals surface area contributed by atoms with Crippen LogP contribution in [0.25, 0.3) is 0 Å². The van der Waals surface area contributed by atoms with Gasteiger partial charge in [-0.3, -0.25) is 4.79 Å².